The van der Waals surface area contributed by atoms with E-state index < -0.39 is 11.8 Å². The molecular weight excluding hydrogens is 356 g/mol. The van der Waals surface area contributed by atoms with Crippen LogP contribution in [-0.2, 0) is 16.2 Å². The van der Waals surface area contributed by atoms with Crippen LogP contribution in [-0.4, -0.2) is 18.9 Å². The number of rotatable bonds is 6. The van der Waals surface area contributed by atoms with Gasteiger partial charge in [-0.15, -0.1) is 0 Å². The third-order valence-corrected chi connectivity index (χ3v) is 3.92. The largest absolute Gasteiger partial charge is 0.495 e. The van der Waals surface area contributed by atoms with Crippen LogP contribution in [0.15, 0.2) is 78.9 Å². The molecule has 3 aromatic rings. The molecule has 0 spiro atoms. The number of hydrogen-bond acceptors (Lipinski definition) is 4. The molecule has 0 aliphatic heterocycles. The van der Waals surface area contributed by atoms with Crippen molar-refractivity contribution in [1.82, 2.24) is 0 Å². The molecule has 0 fully saturated rings. The number of para-hydroxylation sites is 2. The molecule has 3 aromatic carbocycles. The summed E-state index contributed by atoms with van der Waals surface area (Å²) in [7, 11) is 1.49. The minimum absolute atomic E-state index is 0.426. The van der Waals surface area contributed by atoms with Gasteiger partial charge in [-0.3, -0.25) is 9.59 Å². The van der Waals surface area contributed by atoms with E-state index in [1.54, 1.807) is 48.5 Å². The zero-order valence-electron chi connectivity index (χ0n) is 15.3. The molecule has 0 unspecified atom stereocenters. The summed E-state index contributed by atoms with van der Waals surface area (Å²) in [4.78, 5) is 24.2. The van der Waals surface area contributed by atoms with E-state index in [2.05, 4.69) is 10.6 Å². The summed E-state index contributed by atoms with van der Waals surface area (Å²) in [6.07, 6.45) is 0. The first-order valence-corrected chi connectivity index (χ1v) is 8.68. The van der Waals surface area contributed by atoms with E-state index in [-0.39, 0.29) is 0 Å². The number of hydrogen-bond donors (Lipinski definition) is 2. The summed E-state index contributed by atoms with van der Waals surface area (Å²) in [5.41, 5.74) is 1.98. The molecule has 0 aromatic heterocycles. The monoisotopic (exact) mass is 376 g/mol. The number of ether oxygens (including phenoxy) is 2. The average Bonchev–Trinajstić information content (AvgIpc) is 2.74. The third kappa shape index (κ3) is 5.11. The summed E-state index contributed by atoms with van der Waals surface area (Å²) in [6, 6.07) is 23.5. The van der Waals surface area contributed by atoms with Gasteiger partial charge in [0.15, 0.2) is 0 Å². The number of anilines is 2. The Balaban J connectivity index is 1.54. The lowest BCUT2D eigenvalue weighted by Gasteiger charge is -2.10. The van der Waals surface area contributed by atoms with Crippen LogP contribution < -0.4 is 20.1 Å². The number of amides is 2. The van der Waals surface area contributed by atoms with Crippen LogP contribution in [0.3, 0.4) is 0 Å². The van der Waals surface area contributed by atoms with Crippen molar-refractivity contribution in [3.8, 4) is 11.5 Å². The number of carbonyl (C=O) groups is 2. The first kappa shape index (κ1) is 19.0. The highest BCUT2D eigenvalue weighted by Crippen LogP contribution is 2.23. The molecule has 0 bridgehead atoms. The lowest BCUT2D eigenvalue weighted by Crippen LogP contribution is -2.29. The zero-order chi connectivity index (χ0) is 19.8. The number of carbonyl (C=O) groups excluding carboxylic acids is 2. The van der Waals surface area contributed by atoms with Crippen molar-refractivity contribution < 1.29 is 19.1 Å². The summed E-state index contributed by atoms with van der Waals surface area (Å²) in [5.74, 6) is -0.415. The number of nitrogens with one attached hydrogen (secondary N) is 2. The fourth-order valence-corrected chi connectivity index (χ4v) is 2.49. The predicted octanol–water partition coefficient (Wildman–Crippen LogP) is 3.85. The van der Waals surface area contributed by atoms with Gasteiger partial charge in [0.2, 0.25) is 0 Å². The van der Waals surface area contributed by atoms with Gasteiger partial charge >= 0.3 is 11.8 Å². The standard InChI is InChI=1S/C22H20N2O4/c1-27-20-10-6-5-9-19(20)24-22(26)21(25)23-17-11-13-18(14-12-17)28-15-16-7-3-2-4-8-16/h2-14H,15H2,1H3,(H,23,25)(H,24,26). The Kier molecular flexibility index (Phi) is 6.25. The second-order valence-electron chi connectivity index (χ2n) is 5.91. The minimum atomic E-state index is -0.783. The molecule has 2 amide bonds. The normalized spacial score (nSPS) is 10.0. The molecule has 0 heterocycles. The molecular formula is C22H20N2O4. The summed E-state index contributed by atoms with van der Waals surface area (Å²) in [6.45, 7) is 0.452. The Labute approximate surface area is 163 Å². The quantitative estimate of drug-likeness (QED) is 0.641. The van der Waals surface area contributed by atoms with Crippen LogP contribution in [0.1, 0.15) is 5.56 Å². The molecule has 0 radical (unpaired) electrons. The van der Waals surface area contributed by atoms with Gasteiger partial charge in [-0.05, 0) is 42.0 Å². The maximum Gasteiger partial charge on any atom is 0.314 e. The Hall–Kier alpha value is -3.80. The zero-order valence-corrected chi connectivity index (χ0v) is 15.3. The summed E-state index contributed by atoms with van der Waals surface area (Å²) < 4.78 is 10.9. The first-order chi connectivity index (χ1) is 13.7. The number of methoxy groups -OCH3 is 1. The van der Waals surface area contributed by atoms with E-state index in [1.807, 2.05) is 30.3 Å². The fraction of sp³-hybridized carbons (Fsp3) is 0.0909. The molecule has 2 N–H and O–H groups in total. The Morgan fingerprint density at radius 1 is 0.786 bits per heavy atom. The highest BCUT2D eigenvalue weighted by atomic mass is 16.5. The maximum atomic E-state index is 12.1. The lowest BCUT2D eigenvalue weighted by atomic mass is 10.2. The highest BCUT2D eigenvalue weighted by Gasteiger charge is 2.15. The van der Waals surface area contributed by atoms with E-state index in [9.17, 15) is 9.59 Å². The van der Waals surface area contributed by atoms with E-state index in [0.717, 1.165) is 5.56 Å². The minimum Gasteiger partial charge on any atom is -0.495 e. The van der Waals surface area contributed by atoms with Crippen molar-refractivity contribution in [3.63, 3.8) is 0 Å². The molecule has 3 rings (SSSR count). The fourth-order valence-electron chi connectivity index (χ4n) is 2.49. The molecule has 0 atom stereocenters. The maximum absolute atomic E-state index is 12.1. The molecule has 6 nitrogen and oxygen atoms in total. The highest BCUT2D eigenvalue weighted by molar-refractivity contribution is 6.43. The number of benzene rings is 3. The Morgan fingerprint density at radius 3 is 2.14 bits per heavy atom. The Morgan fingerprint density at radius 2 is 1.43 bits per heavy atom. The average molecular weight is 376 g/mol. The molecule has 0 saturated heterocycles. The summed E-state index contributed by atoms with van der Waals surface area (Å²) >= 11 is 0. The van der Waals surface area contributed by atoms with Gasteiger partial charge < -0.3 is 20.1 Å². The molecule has 142 valence electrons. The Bertz CT molecular complexity index is 940. The van der Waals surface area contributed by atoms with Crippen molar-refractivity contribution in [3.05, 3.63) is 84.4 Å². The van der Waals surface area contributed by atoms with Gasteiger partial charge in [0.1, 0.15) is 18.1 Å². The van der Waals surface area contributed by atoms with Gasteiger partial charge in [-0.2, -0.15) is 0 Å². The second-order valence-corrected chi connectivity index (χ2v) is 5.91. The topological polar surface area (TPSA) is 76.7 Å². The van der Waals surface area contributed by atoms with Gasteiger partial charge in [-0.25, -0.2) is 0 Å². The van der Waals surface area contributed by atoms with E-state index >= 15 is 0 Å². The van der Waals surface area contributed by atoms with Crippen LogP contribution >= 0.6 is 0 Å². The third-order valence-electron chi connectivity index (χ3n) is 3.92. The van der Waals surface area contributed by atoms with Gasteiger partial charge in [0.05, 0.1) is 12.8 Å². The molecule has 28 heavy (non-hydrogen) atoms. The predicted molar refractivity (Wildman–Crippen MR) is 107 cm³/mol. The van der Waals surface area contributed by atoms with Crippen molar-refractivity contribution in [2.24, 2.45) is 0 Å². The van der Waals surface area contributed by atoms with Crippen molar-refractivity contribution in [2.45, 2.75) is 6.61 Å². The van der Waals surface area contributed by atoms with Crippen molar-refractivity contribution in [1.29, 1.82) is 0 Å². The van der Waals surface area contributed by atoms with E-state index in [1.165, 1.54) is 7.11 Å². The smallest absolute Gasteiger partial charge is 0.314 e. The lowest BCUT2D eigenvalue weighted by molar-refractivity contribution is -0.133. The van der Waals surface area contributed by atoms with Crippen LogP contribution in [0, 0.1) is 0 Å². The molecule has 0 aliphatic carbocycles. The van der Waals surface area contributed by atoms with Gasteiger partial charge in [0, 0.05) is 5.69 Å². The molecule has 6 heteroatoms. The van der Waals surface area contributed by atoms with Gasteiger partial charge in [0.25, 0.3) is 0 Å². The molecule has 0 aliphatic rings. The van der Waals surface area contributed by atoms with Crippen LogP contribution in [0.25, 0.3) is 0 Å². The van der Waals surface area contributed by atoms with Crippen LogP contribution in [0.4, 0.5) is 11.4 Å². The van der Waals surface area contributed by atoms with Crippen LogP contribution in [0.2, 0.25) is 0 Å². The SMILES string of the molecule is COc1ccccc1NC(=O)C(=O)Nc1ccc(OCc2ccccc2)cc1. The first-order valence-electron chi connectivity index (χ1n) is 8.68. The van der Waals surface area contributed by atoms with E-state index in [4.69, 9.17) is 9.47 Å². The van der Waals surface area contributed by atoms with Crippen molar-refractivity contribution in [2.75, 3.05) is 17.7 Å². The molecule has 0 saturated carbocycles. The van der Waals surface area contributed by atoms with Crippen LogP contribution in [0.5, 0.6) is 11.5 Å². The van der Waals surface area contributed by atoms with E-state index in [0.29, 0.717) is 29.5 Å². The summed E-state index contributed by atoms with van der Waals surface area (Å²) in [5, 5.41) is 5.08. The van der Waals surface area contributed by atoms with Crippen molar-refractivity contribution >= 4 is 23.2 Å². The second kappa shape index (κ2) is 9.23. The van der Waals surface area contributed by atoms with Gasteiger partial charge in [-0.1, -0.05) is 42.5 Å².